The molecule has 0 spiro atoms. The summed E-state index contributed by atoms with van der Waals surface area (Å²) in [6.45, 7) is 8.42. The van der Waals surface area contributed by atoms with Crippen LogP contribution in [-0.2, 0) is 32.1 Å². The maximum absolute atomic E-state index is 10.9. The predicted molar refractivity (Wildman–Crippen MR) is 147 cm³/mol. The topological polar surface area (TPSA) is 101 Å². The van der Waals surface area contributed by atoms with Crippen molar-refractivity contribution in [3.05, 3.63) is 25.3 Å². The molecule has 0 saturated heterocycles. The van der Waals surface area contributed by atoms with Crippen LogP contribution in [0, 0.1) is 0 Å². The molecule has 0 unspecified atom stereocenters. The molecule has 0 aliphatic carbocycles. The fourth-order valence-electron chi connectivity index (χ4n) is 3.44. The highest BCUT2D eigenvalue weighted by Gasteiger charge is 2.44. The van der Waals surface area contributed by atoms with Crippen molar-refractivity contribution in [3.8, 4) is 0 Å². The Morgan fingerprint density at radius 1 is 0.583 bits per heavy atom. The summed E-state index contributed by atoms with van der Waals surface area (Å²) in [5.74, 6) is -0.719. The first kappa shape index (κ1) is 35.0. The Balaban J connectivity index is 3.49. The maximum Gasteiger partial charge on any atom is 0.584 e. The van der Waals surface area contributed by atoms with E-state index in [0.717, 1.165) is 103 Å². The van der Waals surface area contributed by atoms with Crippen LogP contribution in [-0.4, -0.2) is 43.3 Å². The molecular formula is C26H48O8PS+. The molecule has 0 saturated carbocycles. The lowest BCUT2D eigenvalue weighted by molar-refractivity contribution is -0.138. The second-order valence-corrected chi connectivity index (χ2v) is 10.7. The maximum atomic E-state index is 10.9. The lowest BCUT2D eigenvalue weighted by Crippen LogP contribution is -2.05. The summed E-state index contributed by atoms with van der Waals surface area (Å²) < 4.78 is 25.6. The number of carbonyl (C=O) groups excluding carboxylic acids is 2. The highest BCUT2D eigenvalue weighted by molar-refractivity contribution is 7.82. The Labute approximate surface area is 224 Å². The molecule has 10 heteroatoms. The van der Waals surface area contributed by atoms with Crippen LogP contribution in [0.2, 0.25) is 0 Å². The zero-order chi connectivity index (χ0) is 26.7. The van der Waals surface area contributed by atoms with Crippen LogP contribution < -0.4 is 0 Å². The first-order valence-corrected chi connectivity index (χ1v) is 15.2. The summed E-state index contributed by atoms with van der Waals surface area (Å²) in [5, 5.41) is 0. The van der Waals surface area contributed by atoms with Gasteiger partial charge in [-0.15, -0.1) is 0 Å². The third-order valence-corrected chi connectivity index (χ3v) is 7.35. The van der Waals surface area contributed by atoms with E-state index in [4.69, 9.17) is 22.5 Å². The molecule has 0 atom stereocenters. The lowest BCUT2D eigenvalue weighted by Gasteiger charge is -2.12. The molecule has 0 aromatic rings. The Bertz CT molecular complexity index is 532. The van der Waals surface area contributed by atoms with Crippen molar-refractivity contribution < 1.29 is 37.0 Å². The van der Waals surface area contributed by atoms with Gasteiger partial charge in [-0.2, -0.15) is 13.9 Å². The number of carbonyl (C=O) groups is 2. The highest BCUT2D eigenvalue weighted by Crippen LogP contribution is 2.59. The van der Waals surface area contributed by atoms with E-state index in [9.17, 15) is 14.5 Å². The monoisotopic (exact) mass is 551 g/mol. The van der Waals surface area contributed by atoms with Gasteiger partial charge in [-0.25, -0.2) is 9.59 Å². The number of ether oxygens (including phenoxy) is 2. The summed E-state index contributed by atoms with van der Waals surface area (Å²) in [7, 11) is -3.34. The van der Waals surface area contributed by atoms with Crippen molar-refractivity contribution in [2.75, 3.05) is 26.4 Å². The lowest BCUT2D eigenvalue weighted by atomic mass is 10.1. The summed E-state index contributed by atoms with van der Waals surface area (Å²) in [6.07, 6.45) is 19.0. The van der Waals surface area contributed by atoms with Gasteiger partial charge in [0.15, 0.2) is 0 Å². The number of unbranched alkanes of at least 4 members (excludes halogenated alkanes) is 14. The predicted octanol–water partition coefficient (Wildman–Crippen LogP) is 7.25. The molecule has 1 N–H and O–H groups in total. The van der Waals surface area contributed by atoms with Crippen LogP contribution in [0.4, 0.5) is 0 Å². The molecule has 8 nitrogen and oxygen atoms in total. The van der Waals surface area contributed by atoms with Crippen LogP contribution in [0.3, 0.4) is 0 Å². The molecular weight excluding hydrogens is 503 g/mol. The minimum atomic E-state index is -3.34. The minimum absolute atomic E-state index is 0.359. The second kappa shape index (κ2) is 25.7. The van der Waals surface area contributed by atoms with Gasteiger partial charge >= 0.3 is 20.1 Å². The van der Waals surface area contributed by atoms with Gasteiger partial charge in [0.1, 0.15) is 13.2 Å². The van der Waals surface area contributed by atoms with E-state index in [1.807, 2.05) is 0 Å². The van der Waals surface area contributed by atoms with Gasteiger partial charge in [-0.05, 0) is 25.7 Å². The zero-order valence-electron chi connectivity index (χ0n) is 21.9. The number of esters is 2. The minimum Gasteiger partial charge on any atom is -0.463 e. The van der Waals surface area contributed by atoms with Gasteiger partial charge in [0.2, 0.25) is 0 Å². The van der Waals surface area contributed by atoms with Crippen molar-refractivity contribution in [1.82, 2.24) is 0 Å². The first-order chi connectivity index (χ1) is 17.5. The van der Waals surface area contributed by atoms with Gasteiger partial charge in [-0.1, -0.05) is 94.2 Å². The Kier molecular flexibility index (Phi) is 25.0. The van der Waals surface area contributed by atoms with Crippen molar-refractivity contribution >= 4 is 33.0 Å². The Morgan fingerprint density at radius 2 is 0.861 bits per heavy atom. The Morgan fingerprint density at radius 3 is 1.14 bits per heavy atom. The van der Waals surface area contributed by atoms with Gasteiger partial charge in [0, 0.05) is 25.1 Å². The summed E-state index contributed by atoms with van der Waals surface area (Å²) in [4.78, 5) is 32.1. The zero-order valence-corrected chi connectivity index (χ0v) is 23.7. The van der Waals surface area contributed by atoms with E-state index < -0.39 is 8.17 Å². The first-order valence-electron chi connectivity index (χ1n) is 13.3. The molecule has 0 amide bonds. The van der Waals surface area contributed by atoms with Gasteiger partial charge in [0.25, 0.3) is 0 Å². The van der Waals surface area contributed by atoms with Gasteiger partial charge in [0.05, 0.1) is 13.2 Å². The fourth-order valence-corrected chi connectivity index (χ4v) is 4.61. The van der Waals surface area contributed by atoms with E-state index >= 15 is 0 Å². The average Bonchev–Trinajstić information content (AvgIpc) is 2.89. The Hall–Kier alpha value is -0.960. The molecule has 0 aliphatic heterocycles. The molecule has 0 radical (unpaired) electrons. The summed E-state index contributed by atoms with van der Waals surface area (Å²) >= 11 is 3.73. The van der Waals surface area contributed by atoms with Crippen molar-refractivity contribution in [2.24, 2.45) is 0 Å². The third kappa shape index (κ3) is 23.4. The third-order valence-electron chi connectivity index (χ3n) is 5.51. The van der Waals surface area contributed by atoms with Gasteiger partial charge < -0.3 is 9.47 Å². The summed E-state index contributed by atoms with van der Waals surface area (Å²) in [6, 6.07) is 0. The molecule has 0 heterocycles. The molecule has 36 heavy (non-hydrogen) atoms. The average molecular weight is 552 g/mol. The van der Waals surface area contributed by atoms with Crippen molar-refractivity contribution in [2.45, 2.75) is 103 Å². The van der Waals surface area contributed by atoms with E-state index in [0.29, 0.717) is 26.4 Å². The number of hydrogen-bond donors (Lipinski definition) is 2. The molecule has 0 fully saturated rings. The van der Waals surface area contributed by atoms with Crippen LogP contribution >= 0.6 is 21.1 Å². The second-order valence-electron chi connectivity index (χ2n) is 8.62. The smallest absolute Gasteiger partial charge is 0.463 e. The van der Waals surface area contributed by atoms with Crippen LogP contribution in [0.1, 0.15) is 103 Å². The van der Waals surface area contributed by atoms with Crippen molar-refractivity contribution in [1.29, 1.82) is 0 Å². The molecule has 0 rings (SSSR count). The van der Waals surface area contributed by atoms with Crippen molar-refractivity contribution in [3.63, 3.8) is 0 Å². The molecule has 0 aromatic heterocycles. The van der Waals surface area contributed by atoms with E-state index in [-0.39, 0.29) is 11.9 Å². The quantitative estimate of drug-likeness (QED) is 0.0275. The van der Waals surface area contributed by atoms with Crippen LogP contribution in [0.5, 0.6) is 0 Å². The van der Waals surface area contributed by atoms with E-state index in [2.05, 4.69) is 26.1 Å². The molecule has 0 bridgehead atoms. The molecule has 210 valence electrons. The number of thiol groups is 1. The normalized spacial score (nSPS) is 11.3. The number of rotatable bonds is 27. The van der Waals surface area contributed by atoms with Gasteiger partial charge in [-0.3, -0.25) is 0 Å². The highest BCUT2D eigenvalue weighted by atomic mass is 32.1. The largest absolute Gasteiger partial charge is 0.584 e. The van der Waals surface area contributed by atoms with E-state index in [1.165, 1.54) is 12.2 Å². The van der Waals surface area contributed by atoms with Crippen LogP contribution in [0.25, 0.3) is 0 Å². The fraction of sp³-hybridized carbons (Fsp3) is 0.769. The summed E-state index contributed by atoms with van der Waals surface area (Å²) in [5.41, 5.74) is 0. The number of hydrogen-bond acceptors (Lipinski definition) is 9. The van der Waals surface area contributed by atoms with E-state index in [1.54, 1.807) is 0 Å². The molecule has 0 aromatic carbocycles. The standard InChI is InChI=1S/C26H47O8PS/c1-3-25(27)30-21-17-13-9-5-7-11-15-19-23-32-35(29,34-36)33-24-20-16-12-8-6-10-14-18-22-31-26(28)4-2/h3-4,29H,1-2,5-24H2/p+1. The molecule has 0 aliphatic rings. The van der Waals surface area contributed by atoms with Crippen LogP contribution in [0.15, 0.2) is 25.3 Å². The SMILES string of the molecule is C=CC(=O)OCCCCCCCCCCO[P+](O)(OS)OCCCCCCCCCCOC(=O)C=C.